The zero-order valence-electron chi connectivity index (χ0n) is 13.4. The molecule has 1 aliphatic carbocycles. The Morgan fingerprint density at radius 3 is 2.50 bits per heavy atom. The molecular formula is C19H25NO2. The molecule has 0 spiro atoms. The molecule has 1 aromatic rings. The van der Waals surface area contributed by atoms with Crippen LogP contribution in [0.2, 0.25) is 0 Å². The van der Waals surface area contributed by atoms with Crippen LogP contribution in [-0.4, -0.2) is 5.97 Å². The smallest absolute Gasteiger partial charge is 0.320 e. The molecule has 0 unspecified atom stereocenters. The lowest BCUT2D eigenvalue weighted by Gasteiger charge is -2.28. The van der Waals surface area contributed by atoms with E-state index in [-0.39, 0.29) is 13.0 Å². The molecule has 0 heterocycles. The average Bonchev–Trinajstić information content (AvgIpc) is 2.55. The molecule has 1 aromatic carbocycles. The van der Waals surface area contributed by atoms with Crippen molar-refractivity contribution in [2.24, 2.45) is 5.92 Å². The second-order valence-corrected chi connectivity index (χ2v) is 6.24. The molecule has 22 heavy (non-hydrogen) atoms. The highest BCUT2D eigenvalue weighted by atomic mass is 16.5. The van der Waals surface area contributed by atoms with Crippen LogP contribution in [0.1, 0.15) is 68.9 Å². The SMILES string of the molecule is CCCC1CCC(c2ccc(COC(=O)CC#N)cc2)CC1. The van der Waals surface area contributed by atoms with E-state index in [0.29, 0.717) is 5.92 Å². The number of rotatable bonds is 6. The third kappa shape index (κ3) is 4.87. The van der Waals surface area contributed by atoms with E-state index in [1.54, 1.807) is 6.07 Å². The summed E-state index contributed by atoms with van der Waals surface area (Å²) in [5.41, 5.74) is 2.39. The van der Waals surface area contributed by atoms with E-state index < -0.39 is 5.97 Å². The number of nitrogens with zero attached hydrogens (tertiary/aromatic N) is 1. The number of esters is 1. The minimum Gasteiger partial charge on any atom is -0.460 e. The number of carbonyl (C=O) groups excluding carboxylic acids is 1. The number of hydrogen-bond acceptors (Lipinski definition) is 3. The largest absolute Gasteiger partial charge is 0.460 e. The van der Waals surface area contributed by atoms with Gasteiger partial charge in [-0.3, -0.25) is 4.79 Å². The molecule has 3 heteroatoms. The third-order valence-electron chi connectivity index (χ3n) is 4.62. The molecule has 2 rings (SSSR count). The molecule has 0 bridgehead atoms. The first kappa shape index (κ1) is 16.5. The molecule has 118 valence electrons. The molecule has 0 amide bonds. The lowest BCUT2D eigenvalue weighted by Crippen LogP contribution is -2.13. The summed E-state index contributed by atoms with van der Waals surface area (Å²) in [6, 6.07) is 10.2. The fourth-order valence-corrected chi connectivity index (χ4v) is 3.36. The van der Waals surface area contributed by atoms with Gasteiger partial charge in [0.25, 0.3) is 0 Å². The topological polar surface area (TPSA) is 50.1 Å². The summed E-state index contributed by atoms with van der Waals surface area (Å²) < 4.78 is 5.03. The van der Waals surface area contributed by atoms with Crippen molar-refractivity contribution < 1.29 is 9.53 Å². The Labute approximate surface area is 133 Å². The average molecular weight is 299 g/mol. The lowest BCUT2D eigenvalue weighted by molar-refractivity contribution is -0.143. The maximum absolute atomic E-state index is 11.2. The van der Waals surface area contributed by atoms with Gasteiger partial charge in [-0.05, 0) is 48.6 Å². The van der Waals surface area contributed by atoms with Gasteiger partial charge in [0, 0.05) is 0 Å². The summed E-state index contributed by atoms with van der Waals surface area (Å²) in [6.45, 7) is 2.53. The molecule has 0 saturated heterocycles. The monoisotopic (exact) mass is 299 g/mol. The Kier molecular flexibility index (Phi) is 6.45. The molecule has 0 radical (unpaired) electrons. The van der Waals surface area contributed by atoms with Crippen molar-refractivity contribution in [1.82, 2.24) is 0 Å². The summed E-state index contributed by atoms with van der Waals surface area (Å²) in [4.78, 5) is 11.2. The Hall–Kier alpha value is -1.82. The number of hydrogen-bond donors (Lipinski definition) is 0. The number of benzene rings is 1. The minimum absolute atomic E-state index is 0.181. The molecule has 1 fully saturated rings. The van der Waals surface area contributed by atoms with Crippen LogP contribution in [-0.2, 0) is 16.1 Å². The fourth-order valence-electron chi connectivity index (χ4n) is 3.36. The first-order chi connectivity index (χ1) is 10.7. The maximum Gasteiger partial charge on any atom is 0.320 e. The zero-order valence-corrected chi connectivity index (χ0v) is 13.4. The van der Waals surface area contributed by atoms with Crippen molar-refractivity contribution in [3.05, 3.63) is 35.4 Å². The number of nitriles is 1. The Morgan fingerprint density at radius 2 is 1.91 bits per heavy atom. The van der Waals surface area contributed by atoms with E-state index in [1.165, 1.54) is 44.1 Å². The Morgan fingerprint density at radius 1 is 1.23 bits per heavy atom. The quantitative estimate of drug-likeness (QED) is 0.714. The second kappa shape index (κ2) is 8.58. The van der Waals surface area contributed by atoms with Gasteiger partial charge in [0.1, 0.15) is 13.0 Å². The number of carbonyl (C=O) groups is 1. The molecule has 0 atom stereocenters. The molecule has 3 nitrogen and oxygen atoms in total. The highest BCUT2D eigenvalue weighted by Gasteiger charge is 2.21. The summed E-state index contributed by atoms with van der Waals surface area (Å²) in [5.74, 6) is 1.16. The first-order valence-corrected chi connectivity index (χ1v) is 8.34. The van der Waals surface area contributed by atoms with Gasteiger partial charge < -0.3 is 4.74 Å². The van der Waals surface area contributed by atoms with E-state index in [1.807, 2.05) is 12.1 Å². The highest BCUT2D eigenvalue weighted by Crippen LogP contribution is 2.37. The maximum atomic E-state index is 11.2. The Balaban J connectivity index is 1.82. The summed E-state index contributed by atoms with van der Waals surface area (Å²) >= 11 is 0. The van der Waals surface area contributed by atoms with Crippen molar-refractivity contribution in [3.63, 3.8) is 0 Å². The lowest BCUT2D eigenvalue weighted by atomic mass is 9.77. The van der Waals surface area contributed by atoms with Gasteiger partial charge in [0.15, 0.2) is 0 Å². The predicted molar refractivity (Wildman–Crippen MR) is 86.1 cm³/mol. The van der Waals surface area contributed by atoms with Crippen LogP contribution in [0.5, 0.6) is 0 Å². The van der Waals surface area contributed by atoms with Gasteiger partial charge in [0.2, 0.25) is 0 Å². The second-order valence-electron chi connectivity index (χ2n) is 6.24. The standard InChI is InChI=1S/C19H25NO2/c1-2-3-15-4-8-17(9-5-15)18-10-6-16(7-11-18)14-22-19(21)12-13-20/h6-7,10-11,15,17H,2-5,8-9,12,14H2,1H3. The molecular weight excluding hydrogens is 274 g/mol. The summed E-state index contributed by atoms with van der Waals surface area (Å²) in [6.07, 6.45) is 7.79. The molecule has 0 aromatic heterocycles. The van der Waals surface area contributed by atoms with E-state index in [4.69, 9.17) is 10.00 Å². The normalized spacial score (nSPS) is 21.1. The van der Waals surface area contributed by atoms with E-state index in [2.05, 4.69) is 19.1 Å². The molecule has 1 aliphatic rings. The summed E-state index contributed by atoms with van der Waals surface area (Å²) in [5, 5.41) is 8.42. The predicted octanol–water partition coefficient (Wildman–Crippen LogP) is 4.72. The van der Waals surface area contributed by atoms with Gasteiger partial charge in [-0.15, -0.1) is 0 Å². The van der Waals surface area contributed by atoms with Crippen LogP contribution >= 0.6 is 0 Å². The van der Waals surface area contributed by atoms with E-state index in [9.17, 15) is 4.79 Å². The third-order valence-corrected chi connectivity index (χ3v) is 4.62. The van der Waals surface area contributed by atoms with Crippen LogP contribution in [0.25, 0.3) is 0 Å². The highest BCUT2D eigenvalue weighted by molar-refractivity contribution is 5.71. The van der Waals surface area contributed by atoms with Crippen LogP contribution in [0.4, 0.5) is 0 Å². The number of ether oxygens (including phenoxy) is 1. The minimum atomic E-state index is -0.458. The van der Waals surface area contributed by atoms with Gasteiger partial charge in [-0.2, -0.15) is 5.26 Å². The zero-order chi connectivity index (χ0) is 15.8. The van der Waals surface area contributed by atoms with Crippen molar-refractivity contribution in [2.45, 2.75) is 64.4 Å². The van der Waals surface area contributed by atoms with E-state index >= 15 is 0 Å². The van der Waals surface area contributed by atoms with Crippen molar-refractivity contribution in [2.75, 3.05) is 0 Å². The molecule has 1 saturated carbocycles. The van der Waals surface area contributed by atoms with Crippen LogP contribution in [0.3, 0.4) is 0 Å². The summed E-state index contributed by atoms with van der Waals surface area (Å²) in [7, 11) is 0. The van der Waals surface area contributed by atoms with Gasteiger partial charge in [0.05, 0.1) is 6.07 Å². The van der Waals surface area contributed by atoms with Gasteiger partial charge in [-0.25, -0.2) is 0 Å². The van der Waals surface area contributed by atoms with Crippen molar-refractivity contribution >= 4 is 5.97 Å². The molecule has 0 N–H and O–H groups in total. The van der Waals surface area contributed by atoms with Gasteiger partial charge >= 0.3 is 5.97 Å². The first-order valence-electron chi connectivity index (χ1n) is 8.34. The van der Waals surface area contributed by atoms with Gasteiger partial charge in [-0.1, -0.05) is 44.0 Å². The van der Waals surface area contributed by atoms with E-state index in [0.717, 1.165) is 11.5 Å². The van der Waals surface area contributed by atoms with Crippen molar-refractivity contribution in [3.8, 4) is 6.07 Å². The van der Waals surface area contributed by atoms with Crippen LogP contribution in [0.15, 0.2) is 24.3 Å². The fraction of sp³-hybridized carbons (Fsp3) is 0.579. The molecule has 0 aliphatic heterocycles. The van der Waals surface area contributed by atoms with Crippen LogP contribution < -0.4 is 0 Å². The van der Waals surface area contributed by atoms with Crippen LogP contribution in [0, 0.1) is 17.2 Å². The Bertz CT molecular complexity index is 507. The van der Waals surface area contributed by atoms with Crippen molar-refractivity contribution in [1.29, 1.82) is 5.26 Å².